The van der Waals surface area contributed by atoms with Gasteiger partial charge in [-0.3, -0.25) is 4.98 Å². The number of aromatic carboxylic acids is 1. The summed E-state index contributed by atoms with van der Waals surface area (Å²) in [5.74, 6) is 0.383. The van der Waals surface area contributed by atoms with Crippen molar-refractivity contribution in [2.45, 2.75) is 20.8 Å². The molecule has 2 aromatic rings. The van der Waals surface area contributed by atoms with E-state index in [1.165, 1.54) is 5.92 Å². The zero-order valence-corrected chi connectivity index (χ0v) is 12.3. The summed E-state index contributed by atoms with van der Waals surface area (Å²) in [6.07, 6.45) is 1.61. The normalized spacial score (nSPS) is 9.53. The second-order valence-corrected chi connectivity index (χ2v) is 4.70. The molecule has 0 saturated carbocycles. The van der Waals surface area contributed by atoms with Gasteiger partial charge in [0.1, 0.15) is 0 Å². The van der Waals surface area contributed by atoms with E-state index in [4.69, 9.17) is 16.7 Å². The zero-order chi connectivity index (χ0) is 13.7. The Morgan fingerprint density at radius 1 is 1.26 bits per heavy atom. The number of hydrogen-bond acceptors (Lipinski definition) is 2. The molecule has 0 fully saturated rings. The van der Waals surface area contributed by atoms with Crippen LogP contribution in [0.15, 0.2) is 30.5 Å². The first kappa shape index (κ1) is 18.0. The van der Waals surface area contributed by atoms with Crippen molar-refractivity contribution in [3.8, 4) is 0 Å². The maximum atomic E-state index is 10.9. The van der Waals surface area contributed by atoms with E-state index in [-0.39, 0.29) is 29.4 Å². The molecule has 2 rings (SSSR count). The molecule has 0 spiro atoms. The number of carbonyl (C=O) groups is 1. The second kappa shape index (κ2) is 8.22. The van der Waals surface area contributed by atoms with Gasteiger partial charge in [-0.15, -0.1) is 0 Å². The van der Waals surface area contributed by atoms with E-state index in [1.54, 1.807) is 30.5 Å². The summed E-state index contributed by atoms with van der Waals surface area (Å²) >= 11 is 5.79. The van der Waals surface area contributed by atoms with E-state index in [1.807, 2.05) is 0 Å². The van der Waals surface area contributed by atoms with Crippen LogP contribution in [0.1, 0.15) is 31.1 Å². The Morgan fingerprint density at radius 3 is 2.37 bits per heavy atom. The van der Waals surface area contributed by atoms with Gasteiger partial charge >= 0.3 is 24.8 Å². The van der Waals surface area contributed by atoms with Crippen molar-refractivity contribution in [1.29, 1.82) is 0 Å². The van der Waals surface area contributed by atoms with Crippen molar-refractivity contribution in [1.82, 2.24) is 4.98 Å². The predicted octanol–water partition coefficient (Wildman–Crippen LogP) is 1.21. The van der Waals surface area contributed by atoms with Crippen molar-refractivity contribution in [2.24, 2.45) is 0 Å². The number of halogens is 1. The van der Waals surface area contributed by atoms with Crippen LogP contribution in [0.3, 0.4) is 0 Å². The smallest absolute Gasteiger partial charge is 0.478 e. The Balaban J connectivity index is 0.000000576. The van der Waals surface area contributed by atoms with Gasteiger partial charge in [0.2, 0.25) is 0 Å². The molecule has 96 valence electrons. The molecule has 5 heteroatoms. The van der Waals surface area contributed by atoms with Crippen LogP contribution in [0.5, 0.6) is 0 Å². The van der Waals surface area contributed by atoms with Crippen LogP contribution in [0.25, 0.3) is 10.9 Å². The van der Waals surface area contributed by atoms with E-state index in [9.17, 15) is 4.79 Å². The summed E-state index contributed by atoms with van der Waals surface area (Å²) in [7, 11) is 0. The molecule has 1 heterocycles. The first-order valence-corrected chi connectivity index (χ1v) is 5.84. The first-order chi connectivity index (χ1) is 8.43. The van der Waals surface area contributed by atoms with Gasteiger partial charge < -0.3 is 11.0 Å². The van der Waals surface area contributed by atoms with Gasteiger partial charge in [-0.2, -0.15) is 20.8 Å². The summed E-state index contributed by atoms with van der Waals surface area (Å²) in [4.78, 5) is 15.0. The minimum absolute atomic E-state index is 0. The average Bonchev–Trinajstić information content (AvgIpc) is 2.27. The molecule has 1 N–H and O–H groups in total. The number of benzene rings is 1. The zero-order valence-electron chi connectivity index (χ0n) is 11.6. The summed E-state index contributed by atoms with van der Waals surface area (Å²) in [6, 6.07) is 6.62. The minimum atomic E-state index is -1.03. The van der Waals surface area contributed by atoms with Crippen molar-refractivity contribution in [3.63, 3.8) is 0 Å². The number of rotatable bonds is 1. The van der Waals surface area contributed by atoms with Crippen LogP contribution in [-0.2, 0) is 0 Å². The third-order valence-electron chi connectivity index (χ3n) is 1.95. The number of pyridine rings is 1. The Kier molecular flexibility index (Phi) is 7.78. The quantitative estimate of drug-likeness (QED) is 0.627. The summed E-state index contributed by atoms with van der Waals surface area (Å²) in [6.45, 7) is 6.25. The molecule has 0 bridgehead atoms. The summed E-state index contributed by atoms with van der Waals surface area (Å²) < 4.78 is 0. The van der Waals surface area contributed by atoms with Gasteiger partial charge in [0.15, 0.2) is 0 Å². The Bertz CT molecular complexity index is 555. The van der Waals surface area contributed by atoms with Crippen molar-refractivity contribution in [2.75, 3.05) is 0 Å². The second-order valence-electron chi connectivity index (χ2n) is 4.30. The average molecular weight is 272 g/mol. The van der Waals surface area contributed by atoms with Gasteiger partial charge in [0.25, 0.3) is 0 Å². The van der Waals surface area contributed by atoms with Crippen molar-refractivity contribution in [3.05, 3.63) is 47.0 Å². The third kappa shape index (κ3) is 5.24. The Morgan fingerprint density at radius 2 is 1.84 bits per heavy atom. The molecule has 0 amide bonds. The van der Waals surface area contributed by atoms with Crippen LogP contribution in [0.4, 0.5) is 0 Å². The maximum Gasteiger partial charge on any atom is 1.00 e. The van der Waals surface area contributed by atoms with Crippen LogP contribution in [0, 0.1) is 5.92 Å². The van der Waals surface area contributed by atoms with Gasteiger partial charge in [-0.25, -0.2) is 4.79 Å². The fourth-order valence-electron chi connectivity index (χ4n) is 1.34. The molecule has 0 aliphatic carbocycles. The number of nitrogens with zero attached hydrogens (tertiary/aromatic N) is 1. The third-order valence-corrected chi connectivity index (χ3v) is 2.26. The topological polar surface area (TPSA) is 50.2 Å². The standard InChI is InChI=1S/C10H6ClNO2.C4H9.Li/c11-7-3-4-8-6(2-1-5-12-8)9(7)10(13)14;1-4(2)3;/h1-5H,(H,13,14);1-3H3;/q;-1;+1. The Labute approximate surface area is 130 Å². The molecule has 0 unspecified atom stereocenters. The fourth-order valence-corrected chi connectivity index (χ4v) is 1.59. The van der Waals surface area contributed by atoms with Crippen molar-refractivity contribution < 1.29 is 28.8 Å². The molecular formula is C14H15ClLiNO2. The van der Waals surface area contributed by atoms with E-state index >= 15 is 0 Å². The van der Waals surface area contributed by atoms with Crippen LogP contribution >= 0.6 is 11.6 Å². The van der Waals surface area contributed by atoms with Gasteiger partial charge in [0, 0.05) is 11.6 Å². The molecule has 0 aliphatic heterocycles. The predicted molar refractivity (Wildman–Crippen MR) is 74.0 cm³/mol. The van der Waals surface area contributed by atoms with Crippen LogP contribution in [-0.4, -0.2) is 16.1 Å². The van der Waals surface area contributed by atoms with Crippen molar-refractivity contribution >= 4 is 28.5 Å². The molecule has 0 aliphatic rings. The molecular weight excluding hydrogens is 257 g/mol. The molecule has 0 saturated heterocycles. The van der Waals surface area contributed by atoms with Gasteiger partial charge in [-0.05, 0) is 18.2 Å². The molecule has 0 atom stereocenters. The monoisotopic (exact) mass is 271 g/mol. The Hall–Kier alpha value is -1.01. The van der Waals surface area contributed by atoms with Gasteiger partial charge in [-0.1, -0.05) is 17.7 Å². The van der Waals surface area contributed by atoms with E-state index in [2.05, 4.69) is 25.8 Å². The number of carboxylic acid groups (broad SMARTS) is 1. The first-order valence-electron chi connectivity index (χ1n) is 5.46. The van der Waals surface area contributed by atoms with Crippen LogP contribution < -0.4 is 18.9 Å². The molecule has 0 radical (unpaired) electrons. The summed E-state index contributed by atoms with van der Waals surface area (Å²) in [5.41, 5.74) is 0.742. The minimum Gasteiger partial charge on any atom is -0.478 e. The van der Waals surface area contributed by atoms with Gasteiger partial charge in [0.05, 0.1) is 16.1 Å². The fraction of sp³-hybridized carbons (Fsp3) is 0.214. The van der Waals surface area contributed by atoms with E-state index < -0.39 is 5.97 Å². The largest absolute Gasteiger partial charge is 1.00 e. The van der Waals surface area contributed by atoms with E-state index in [0.29, 0.717) is 10.9 Å². The number of fused-ring (bicyclic) bond motifs is 1. The summed E-state index contributed by atoms with van der Waals surface area (Å²) in [5, 5.41) is 9.75. The molecule has 1 aromatic heterocycles. The molecule has 19 heavy (non-hydrogen) atoms. The molecule has 3 nitrogen and oxygen atoms in total. The van der Waals surface area contributed by atoms with Crippen LogP contribution in [0.2, 0.25) is 5.02 Å². The number of hydrogen-bond donors (Lipinski definition) is 1. The maximum absolute atomic E-state index is 10.9. The number of carboxylic acids is 1. The van der Waals surface area contributed by atoms with E-state index in [0.717, 1.165) is 0 Å². The SMILES string of the molecule is C[C-](C)C.O=C(O)c1c(Cl)ccc2ncccc12.[Li+]. The number of aromatic nitrogens is 1. The molecule has 1 aromatic carbocycles.